The molecule has 4 atom stereocenters. The third kappa shape index (κ3) is 3.69. The predicted octanol–water partition coefficient (Wildman–Crippen LogP) is 2.26. The second-order valence-electron chi connectivity index (χ2n) is 6.18. The summed E-state index contributed by atoms with van der Waals surface area (Å²) in [5.74, 6) is 0.781. The van der Waals surface area contributed by atoms with Gasteiger partial charge in [-0.05, 0) is 51.6 Å². The Morgan fingerprint density at radius 1 is 1.28 bits per heavy atom. The van der Waals surface area contributed by atoms with Gasteiger partial charge in [0.05, 0.1) is 6.10 Å². The van der Waals surface area contributed by atoms with Gasteiger partial charge < -0.3 is 10.1 Å². The lowest BCUT2D eigenvalue weighted by Gasteiger charge is -2.43. The topological polar surface area (TPSA) is 24.5 Å². The van der Waals surface area contributed by atoms with Gasteiger partial charge in [0.1, 0.15) is 0 Å². The summed E-state index contributed by atoms with van der Waals surface area (Å²) in [7, 11) is 0. The number of ether oxygens (including phenoxy) is 1. The van der Waals surface area contributed by atoms with Gasteiger partial charge in [-0.25, -0.2) is 0 Å². The first-order chi connectivity index (χ1) is 8.70. The highest BCUT2D eigenvalue weighted by Gasteiger charge is 2.31. The molecule has 3 nitrogen and oxygen atoms in total. The van der Waals surface area contributed by atoms with Crippen LogP contribution in [0.1, 0.15) is 46.5 Å². The number of hydrogen-bond acceptors (Lipinski definition) is 3. The van der Waals surface area contributed by atoms with E-state index in [-0.39, 0.29) is 0 Å². The van der Waals surface area contributed by atoms with Gasteiger partial charge in [0.25, 0.3) is 0 Å². The molecule has 2 fully saturated rings. The fraction of sp³-hybridized carbons (Fsp3) is 1.00. The summed E-state index contributed by atoms with van der Waals surface area (Å²) in [4.78, 5) is 2.72. The molecule has 2 heterocycles. The van der Waals surface area contributed by atoms with Crippen LogP contribution in [0.25, 0.3) is 0 Å². The van der Waals surface area contributed by atoms with E-state index in [0.717, 1.165) is 24.6 Å². The molecule has 0 radical (unpaired) electrons. The van der Waals surface area contributed by atoms with Gasteiger partial charge >= 0.3 is 0 Å². The highest BCUT2D eigenvalue weighted by molar-refractivity contribution is 4.87. The third-order valence-corrected chi connectivity index (χ3v) is 4.57. The maximum absolute atomic E-state index is 5.66. The van der Waals surface area contributed by atoms with Crippen molar-refractivity contribution in [1.29, 1.82) is 0 Å². The van der Waals surface area contributed by atoms with Gasteiger partial charge in [-0.3, -0.25) is 4.90 Å². The molecule has 2 aliphatic heterocycles. The van der Waals surface area contributed by atoms with Crippen LogP contribution in [0.4, 0.5) is 0 Å². The Labute approximate surface area is 112 Å². The largest absolute Gasteiger partial charge is 0.378 e. The second-order valence-corrected chi connectivity index (χ2v) is 6.18. The van der Waals surface area contributed by atoms with Gasteiger partial charge in [0.2, 0.25) is 0 Å². The van der Waals surface area contributed by atoms with Crippen LogP contribution in [-0.4, -0.2) is 49.3 Å². The fourth-order valence-corrected chi connectivity index (χ4v) is 3.45. The van der Waals surface area contributed by atoms with Gasteiger partial charge in [-0.2, -0.15) is 0 Å². The molecule has 18 heavy (non-hydrogen) atoms. The highest BCUT2D eigenvalue weighted by atomic mass is 16.5. The molecule has 2 rings (SSSR count). The van der Waals surface area contributed by atoms with Crippen LogP contribution in [0.2, 0.25) is 0 Å². The number of piperidine rings is 1. The zero-order valence-electron chi connectivity index (χ0n) is 12.3. The van der Waals surface area contributed by atoms with Gasteiger partial charge in [0, 0.05) is 25.2 Å². The molecule has 0 bridgehead atoms. The Morgan fingerprint density at radius 2 is 2.11 bits per heavy atom. The second kappa shape index (κ2) is 6.88. The van der Waals surface area contributed by atoms with Gasteiger partial charge in [-0.1, -0.05) is 13.8 Å². The van der Waals surface area contributed by atoms with E-state index >= 15 is 0 Å². The van der Waals surface area contributed by atoms with Crippen LogP contribution in [0.3, 0.4) is 0 Å². The highest BCUT2D eigenvalue weighted by Crippen LogP contribution is 2.25. The van der Waals surface area contributed by atoms with E-state index in [0.29, 0.717) is 6.10 Å². The SMILES string of the molecule is CCCNC1CCN(C2CCOC(C)C2)CC1C. The first-order valence-electron chi connectivity index (χ1n) is 7.79. The summed E-state index contributed by atoms with van der Waals surface area (Å²) in [6.07, 6.45) is 5.45. The molecule has 0 aromatic rings. The third-order valence-electron chi connectivity index (χ3n) is 4.57. The van der Waals surface area contributed by atoms with Crippen LogP contribution in [0, 0.1) is 5.92 Å². The van der Waals surface area contributed by atoms with Crippen molar-refractivity contribution in [3.8, 4) is 0 Å². The molecule has 2 aliphatic rings. The van der Waals surface area contributed by atoms with E-state index < -0.39 is 0 Å². The number of rotatable bonds is 4. The van der Waals surface area contributed by atoms with E-state index in [1.165, 1.54) is 45.3 Å². The first-order valence-corrected chi connectivity index (χ1v) is 7.79. The first kappa shape index (κ1) is 14.3. The lowest BCUT2D eigenvalue weighted by Crippen LogP contribution is -2.53. The van der Waals surface area contributed by atoms with Crippen LogP contribution in [0.15, 0.2) is 0 Å². The van der Waals surface area contributed by atoms with Crippen LogP contribution >= 0.6 is 0 Å². The molecule has 4 unspecified atom stereocenters. The normalized spacial score (nSPS) is 38.8. The minimum atomic E-state index is 0.454. The predicted molar refractivity (Wildman–Crippen MR) is 75.9 cm³/mol. The lowest BCUT2D eigenvalue weighted by atomic mass is 9.90. The zero-order chi connectivity index (χ0) is 13.0. The van der Waals surface area contributed by atoms with Crippen LogP contribution in [0.5, 0.6) is 0 Å². The van der Waals surface area contributed by atoms with Crippen molar-refractivity contribution in [2.45, 2.75) is 64.6 Å². The molecular formula is C15H30N2O. The average molecular weight is 254 g/mol. The Morgan fingerprint density at radius 3 is 2.78 bits per heavy atom. The van der Waals surface area contributed by atoms with Crippen molar-refractivity contribution in [2.24, 2.45) is 5.92 Å². The van der Waals surface area contributed by atoms with E-state index in [1.54, 1.807) is 0 Å². The lowest BCUT2D eigenvalue weighted by molar-refractivity contribution is -0.0288. The van der Waals surface area contributed by atoms with Crippen LogP contribution < -0.4 is 5.32 Å². The van der Waals surface area contributed by atoms with Crippen molar-refractivity contribution in [3.05, 3.63) is 0 Å². The molecule has 0 spiro atoms. The minimum Gasteiger partial charge on any atom is -0.378 e. The summed E-state index contributed by atoms with van der Waals surface area (Å²) >= 11 is 0. The molecule has 0 aromatic carbocycles. The Bertz CT molecular complexity index is 247. The van der Waals surface area contributed by atoms with Gasteiger partial charge in [-0.15, -0.1) is 0 Å². The number of nitrogens with zero attached hydrogens (tertiary/aromatic N) is 1. The van der Waals surface area contributed by atoms with Crippen molar-refractivity contribution < 1.29 is 4.74 Å². The quantitative estimate of drug-likeness (QED) is 0.833. The summed E-state index contributed by atoms with van der Waals surface area (Å²) in [6.45, 7) is 11.5. The smallest absolute Gasteiger partial charge is 0.0561 e. The number of hydrogen-bond donors (Lipinski definition) is 1. The molecule has 2 saturated heterocycles. The Hall–Kier alpha value is -0.120. The molecule has 0 saturated carbocycles. The monoisotopic (exact) mass is 254 g/mol. The average Bonchev–Trinajstić information content (AvgIpc) is 2.37. The molecule has 0 aromatic heterocycles. The van der Waals surface area contributed by atoms with Crippen molar-refractivity contribution in [3.63, 3.8) is 0 Å². The van der Waals surface area contributed by atoms with Crippen molar-refractivity contribution >= 4 is 0 Å². The van der Waals surface area contributed by atoms with E-state index in [1.807, 2.05) is 0 Å². The van der Waals surface area contributed by atoms with E-state index in [4.69, 9.17) is 4.74 Å². The zero-order valence-corrected chi connectivity index (χ0v) is 12.3. The summed E-state index contributed by atoms with van der Waals surface area (Å²) in [5, 5.41) is 3.70. The molecule has 3 heteroatoms. The van der Waals surface area contributed by atoms with E-state index in [9.17, 15) is 0 Å². The number of likely N-dealkylation sites (tertiary alicyclic amines) is 1. The molecule has 106 valence electrons. The maximum atomic E-state index is 5.66. The molecule has 1 N–H and O–H groups in total. The summed E-state index contributed by atoms with van der Waals surface area (Å²) < 4.78 is 5.66. The fourth-order valence-electron chi connectivity index (χ4n) is 3.45. The minimum absolute atomic E-state index is 0.454. The summed E-state index contributed by atoms with van der Waals surface area (Å²) in [6, 6.07) is 1.50. The van der Waals surface area contributed by atoms with Crippen molar-refractivity contribution in [2.75, 3.05) is 26.2 Å². The van der Waals surface area contributed by atoms with Crippen LogP contribution in [-0.2, 0) is 4.74 Å². The molecular weight excluding hydrogens is 224 g/mol. The van der Waals surface area contributed by atoms with Crippen molar-refractivity contribution in [1.82, 2.24) is 10.2 Å². The van der Waals surface area contributed by atoms with E-state index in [2.05, 4.69) is 31.0 Å². The molecule has 0 aliphatic carbocycles. The van der Waals surface area contributed by atoms with Gasteiger partial charge in [0.15, 0.2) is 0 Å². The summed E-state index contributed by atoms with van der Waals surface area (Å²) in [5.41, 5.74) is 0. The Kier molecular flexibility index (Phi) is 5.46. The Balaban J connectivity index is 1.80. The molecule has 0 amide bonds. The number of nitrogens with one attached hydrogen (secondary N) is 1. The standard InChI is InChI=1S/C15H30N2O/c1-4-7-16-15-5-8-17(11-12(15)2)14-6-9-18-13(3)10-14/h12-16H,4-11H2,1-3H3. The maximum Gasteiger partial charge on any atom is 0.0561 e.